The second-order valence-corrected chi connectivity index (χ2v) is 17.8. The van der Waals surface area contributed by atoms with E-state index < -0.39 is 35.2 Å². The summed E-state index contributed by atoms with van der Waals surface area (Å²) in [5.74, 6) is -1.32. The lowest BCUT2D eigenvalue weighted by Crippen LogP contribution is -2.31. The van der Waals surface area contributed by atoms with Crippen molar-refractivity contribution in [2.75, 3.05) is 0 Å². The first-order valence-corrected chi connectivity index (χ1v) is 16.6. The maximum Gasteiger partial charge on any atom is 0.485 e. The summed E-state index contributed by atoms with van der Waals surface area (Å²) in [5.41, 5.74) is -1.59. The molecule has 4 aromatic rings. The highest BCUT2D eigenvalue weighted by molar-refractivity contribution is 7.86. The molecule has 0 bridgehead atoms. The molecule has 0 amide bonds. The number of hydrogen-bond acceptors (Lipinski definition) is 3. The molecule has 4 rings (SSSR count). The van der Waals surface area contributed by atoms with Crippen molar-refractivity contribution in [1.82, 2.24) is 0 Å². The number of alkyl halides is 3. The number of rotatable bonds is 4. The Bertz CT molecular complexity index is 1470. The van der Waals surface area contributed by atoms with Gasteiger partial charge in [0.1, 0.15) is 0 Å². The van der Waals surface area contributed by atoms with Gasteiger partial charge in [-0.1, -0.05) is 84.9 Å². The number of benzene rings is 4. The Hall–Kier alpha value is -3.13. The smallest absolute Gasteiger partial charge is 0.485 e. The standard InChI is InChI=1S/C27H33P.C6H4F2.CHF3O3S/c1-26(2,3)28(27(4,5)6)24-19-17-23(18-20-24)25(21-13-9-7-10-14-21)22-15-11-8-12-16-22;7-5-3-1-2-4-6(5)8;2-1(3,4)8(5,6)7/h7-20,25H,1-6H3;1-4H;(H,5,6,7). The average Bonchev–Trinajstić information content (AvgIpc) is 2.91. The van der Waals surface area contributed by atoms with Gasteiger partial charge in [0.25, 0.3) is 0 Å². The van der Waals surface area contributed by atoms with Crippen LogP contribution in [0.1, 0.15) is 64.2 Å². The molecule has 0 saturated carbocycles. The van der Waals surface area contributed by atoms with Gasteiger partial charge in [-0.15, -0.1) is 0 Å². The fourth-order valence-electron chi connectivity index (χ4n) is 5.14. The van der Waals surface area contributed by atoms with Crippen LogP contribution < -0.4 is 5.30 Å². The van der Waals surface area contributed by atoms with Crippen LogP contribution in [0.4, 0.5) is 22.0 Å². The Morgan fingerprint density at radius 1 is 0.568 bits per heavy atom. The van der Waals surface area contributed by atoms with E-state index in [2.05, 4.69) is 126 Å². The summed E-state index contributed by atoms with van der Waals surface area (Å²) in [5, 5.41) is 2.18. The van der Waals surface area contributed by atoms with Crippen LogP contribution in [0.2, 0.25) is 0 Å². The Morgan fingerprint density at radius 2 is 0.864 bits per heavy atom. The van der Waals surface area contributed by atoms with Gasteiger partial charge in [-0.2, -0.15) is 13.2 Å². The molecule has 0 spiro atoms. The topological polar surface area (TPSA) is 57.2 Å². The predicted molar refractivity (Wildman–Crippen MR) is 170 cm³/mol. The fraction of sp³-hybridized carbons (Fsp3) is 0.294. The van der Waals surface area contributed by atoms with E-state index in [1.807, 2.05) is 0 Å². The summed E-state index contributed by atoms with van der Waals surface area (Å²) in [6.07, 6.45) is 0. The van der Waals surface area contributed by atoms with Crippen LogP contribution in [-0.2, 0) is 10.1 Å². The highest BCUT2D eigenvalue weighted by Crippen LogP contribution is 2.58. The second kappa shape index (κ2) is 15.2. The predicted octanol–water partition coefficient (Wildman–Crippen LogP) is 9.32. The Morgan fingerprint density at radius 3 is 1.14 bits per heavy atom. The van der Waals surface area contributed by atoms with E-state index in [0.717, 1.165) is 12.1 Å². The molecule has 0 fully saturated rings. The van der Waals surface area contributed by atoms with Gasteiger partial charge in [-0.05, 0) is 82.5 Å². The van der Waals surface area contributed by atoms with Gasteiger partial charge in [0, 0.05) is 13.8 Å². The largest absolute Gasteiger partial charge is 0.741 e. The van der Waals surface area contributed by atoms with Crippen molar-refractivity contribution in [3.05, 3.63) is 138 Å². The Labute approximate surface area is 258 Å². The summed E-state index contributed by atoms with van der Waals surface area (Å²) >= 11 is 0. The first kappa shape index (κ1) is 37.1. The van der Waals surface area contributed by atoms with E-state index in [0.29, 0.717) is 10.3 Å². The minimum absolute atomic E-state index is 0.274. The van der Waals surface area contributed by atoms with E-state index >= 15 is 0 Å². The minimum Gasteiger partial charge on any atom is -0.741 e. The molecule has 0 radical (unpaired) electrons. The van der Waals surface area contributed by atoms with E-state index in [4.69, 9.17) is 13.0 Å². The van der Waals surface area contributed by atoms with Crippen LogP contribution in [0, 0.1) is 11.6 Å². The summed E-state index contributed by atoms with van der Waals surface area (Å²) in [6.45, 7) is 14.4. The zero-order chi connectivity index (χ0) is 33.3. The quantitative estimate of drug-likeness (QED) is 0.0726. The molecule has 0 unspecified atom stereocenters. The summed E-state index contributed by atoms with van der Waals surface area (Å²) < 4.78 is 82.8. The van der Waals surface area contributed by atoms with Gasteiger partial charge in [0.2, 0.25) is 0 Å². The third-order valence-corrected chi connectivity index (χ3v) is 10.9. The molecule has 3 nitrogen and oxygen atoms in total. The molecular weight excluding hydrogens is 614 g/mol. The molecule has 0 atom stereocenters. The second-order valence-electron chi connectivity index (χ2n) is 12.1. The molecule has 0 N–H and O–H groups in total. The van der Waals surface area contributed by atoms with Crippen LogP contribution in [0.5, 0.6) is 0 Å². The zero-order valence-corrected chi connectivity index (χ0v) is 27.3. The molecule has 10 heteroatoms. The lowest BCUT2D eigenvalue weighted by Gasteiger charge is -2.34. The van der Waals surface area contributed by atoms with Gasteiger partial charge < -0.3 is 4.55 Å². The van der Waals surface area contributed by atoms with Gasteiger partial charge in [0.05, 0.1) is 15.6 Å². The fourth-order valence-corrected chi connectivity index (χ4v) is 9.62. The monoisotopic (exact) mass is 652 g/mol. The molecule has 0 saturated heterocycles. The Kier molecular flexibility index (Phi) is 12.8. The first-order valence-electron chi connectivity index (χ1n) is 13.7. The zero-order valence-electron chi connectivity index (χ0n) is 25.5. The van der Waals surface area contributed by atoms with E-state index in [-0.39, 0.29) is 5.92 Å². The van der Waals surface area contributed by atoms with Crippen molar-refractivity contribution in [2.45, 2.75) is 63.3 Å². The molecule has 238 valence electrons. The molecule has 0 aromatic heterocycles. The van der Waals surface area contributed by atoms with Crippen LogP contribution in [0.15, 0.2) is 109 Å². The van der Waals surface area contributed by atoms with E-state index in [1.165, 1.54) is 34.1 Å². The average molecular weight is 653 g/mol. The summed E-state index contributed by atoms with van der Waals surface area (Å²) in [4.78, 5) is 0. The number of halogens is 5. The van der Waals surface area contributed by atoms with Crippen molar-refractivity contribution in [3.8, 4) is 0 Å². The maximum absolute atomic E-state index is 11.9. The SMILES string of the molecule is CC(C)(C)[PH+](c1ccc(C(c2ccccc2)c2ccccc2)cc1)C(C)(C)C.Fc1ccccc1F.O=S(=O)([O-])C(F)(F)F. The van der Waals surface area contributed by atoms with Crippen LogP contribution in [0.3, 0.4) is 0 Å². The molecule has 0 aliphatic rings. The van der Waals surface area contributed by atoms with Crippen molar-refractivity contribution < 1.29 is 34.9 Å². The Balaban J connectivity index is 0.000000344. The van der Waals surface area contributed by atoms with Crippen molar-refractivity contribution in [1.29, 1.82) is 0 Å². The summed E-state index contributed by atoms with van der Waals surface area (Å²) in [6, 6.07) is 36.3. The number of hydrogen-bond donors (Lipinski definition) is 0. The van der Waals surface area contributed by atoms with Gasteiger partial charge in [0.15, 0.2) is 21.8 Å². The molecule has 44 heavy (non-hydrogen) atoms. The van der Waals surface area contributed by atoms with Crippen LogP contribution in [0.25, 0.3) is 0 Å². The third-order valence-electron chi connectivity index (χ3n) is 6.41. The van der Waals surface area contributed by atoms with E-state index in [9.17, 15) is 22.0 Å². The first-order chi connectivity index (χ1) is 20.2. The summed E-state index contributed by atoms with van der Waals surface area (Å²) in [7, 11) is -6.81. The van der Waals surface area contributed by atoms with Crippen molar-refractivity contribution in [2.24, 2.45) is 0 Å². The van der Waals surface area contributed by atoms with Gasteiger partial charge in [-0.25, -0.2) is 17.2 Å². The molecule has 0 heterocycles. The lowest BCUT2D eigenvalue weighted by molar-refractivity contribution is -0.0517. The maximum atomic E-state index is 11.9. The van der Waals surface area contributed by atoms with Crippen molar-refractivity contribution >= 4 is 23.3 Å². The van der Waals surface area contributed by atoms with Gasteiger partial charge in [-0.3, -0.25) is 0 Å². The van der Waals surface area contributed by atoms with Crippen molar-refractivity contribution in [3.63, 3.8) is 0 Å². The minimum atomic E-state index is -6.09. The molecule has 4 aromatic carbocycles. The third kappa shape index (κ3) is 11.1. The highest BCUT2D eigenvalue weighted by Gasteiger charge is 2.43. The van der Waals surface area contributed by atoms with Crippen LogP contribution in [-0.4, -0.2) is 28.8 Å². The normalized spacial score (nSPS) is 12.2. The lowest BCUT2D eigenvalue weighted by atomic mass is 9.85. The van der Waals surface area contributed by atoms with Gasteiger partial charge >= 0.3 is 5.51 Å². The molecular formula is C34H38F5O3PS. The highest BCUT2D eigenvalue weighted by atomic mass is 32.2. The van der Waals surface area contributed by atoms with Crippen LogP contribution >= 0.6 is 7.92 Å². The molecule has 0 aliphatic heterocycles. The molecule has 0 aliphatic carbocycles. The van der Waals surface area contributed by atoms with E-state index in [1.54, 1.807) is 0 Å².